The molecule has 6 nitrogen and oxygen atoms in total. The van der Waals surface area contributed by atoms with Crippen LogP contribution >= 0.6 is 0 Å². The van der Waals surface area contributed by atoms with Crippen molar-refractivity contribution in [3.8, 4) is 0 Å². The van der Waals surface area contributed by atoms with Gasteiger partial charge < -0.3 is 15.3 Å². The van der Waals surface area contributed by atoms with Crippen LogP contribution in [0.15, 0.2) is 42.5 Å². The Kier molecular flexibility index (Phi) is 6.16. The summed E-state index contributed by atoms with van der Waals surface area (Å²) in [4.78, 5) is 28.4. The van der Waals surface area contributed by atoms with E-state index < -0.39 is 0 Å². The molecule has 0 saturated carbocycles. The first-order chi connectivity index (χ1) is 14.5. The standard InChI is InChI=1S/C24H29N3O3/c1-17(28)27-13-8-20-14-21(6-7-23(20)27)24(30)25-15-18-2-4-19(5-3-18)16-26-11-9-22(29)10-12-26/h2-7,14,22,29H,8-13,15-16H2,1H3,(H,25,30). The highest BCUT2D eigenvalue weighted by Gasteiger charge is 2.23. The molecule has 6 heteroatoms. The van der Waals surface area contributed by atoms with Crippen molar-refractivity contribution in [1.29, 1.82) is 0 Å². The lowest BCUT2D eigenvalue weighted by molar-refractivity contribution is -0.116. The van der Waals surface area contributed by atoms with E-state index in [4.69, 9.17) is 0 Å². The first-order valence-corrected chi connectivity index (χ1v) is 10.7. The molecule has 0 aromatic heterocycles. The van der Waals surface area contributed by atoms with E-state index in [0.29, 0.717) is 18.7 Å². The number of hydrogen-bond donors (Lipinski definition) is 2. The van der Waals surface area contributed by atoms with Gasteiger partial charge in [0.1, 0.15) is 0 Å². The molecular weight excluding hydrogens is 378 g/mol. The van der Waals surface area contributed by atoms with Gasteiger partial charge in [-0.3, -0.25) is 14.5 Å². The highest BCUT2D eigenvalue weighted by Crippen LogP contribution is 2.28. The summed E-state index contributed by atoms with van der Waals surface area (Å²) in [5.41, 5.74) is 4.90. The van der Waals surface area contributed by atoms with E-state index in [0.717, 1.165) is 55.7 Å². The Hall–Kier alpha value is -2.70. The molecule has 0 radical (unpaired) electrons. The van der Waals surface area contributed by atoms with Crippen molar-refractivity contribution < 1.29 is 14.7 Å². The summed E-state index contributed by atoms with van der Waals surface area (Å²) in [6, 6.07) is 13.9. The van der Waals surface area contributed by atoms with Crippen molar-refractivity contribution in [3.05, 3.63) is 64.7 Å². The van der Waals surface area contributed by atoms with Crippen LogP contribution < -0.4 is 10.2 Å². The molecule has 0 aliphatic carbocycles. The van der Waals surface area contributed by atoms with Gasteiger partial charge in [0.15, 0.2) is 0 Å². The van der Waals surface area contributed by atoms with E-state index in [2.05, 4.69) is 34.5 Å². The topological polar surface area (TPSA) is 72.9 Å². The molecule has 1 fully saturated rings. The Bertz CT molecular complexity index is 918. The summed E-state index contributed by atoms with van der Waals surface area (Å²) in [6.45, 7) is 5.49. The van der Waals surface area contributed by atoms with Gasteiger partial charge in [0.2, 0.25) is 5.91 Å². The van der Waals surface area contributed by atoms with E-state index in [-0.39, 0.29) is 17.9 Å². The summed E-state index contributed by atoms with van der Waals surface area (Å²) >= 11 is 0. The maximum Gasteiger partial charge on any atom is 0.251 e. The van der Waals surface area contributed by atoms with E-state index >= 15 is 0 Å². The number of likely N-dealkylation sites (tertiary alicyclic amines) is 1. The van der Waals surface area contributed by atoms with Crippen molar-refractivity contribution in [3.63, 3.8) is 0 Å². The van der Waals surface area contributed by atoms with E-state index in [1.165, 1.54) is 5.56 Å². The van der Waals surface area contributed by atoms with E-state index in [1.807, 2.05) is 12.1 Å². The second kappa shape index (κ2) is 8.98. The van der Waals surface area contributed by atoms with Crippen LogP contribution in [-0.4, -0.2) is 47.6 Å². The van der Waals surface area contributed by atoms with Gasteiger partial charge in [-0.15, -0.1) is 0 Å². The molecule has 2 N–H and O–H groups in total. The van der Waals surface area contributed by atoms with Crippen LogP contribution in [0.1, 0.15) is 46.8 Å². The molecule has 158 valence electrons. The van der Waals surface area contributed by atoms with Crippen molar-refractivity contribution in [2.24, 2.45) is 0 Å². The van der Waals surface area contributed by atoms with Gasteiger partial charge in [-0.05, 0) is 54.2 Å². The number of carbonyl (C=O) groups excluding carboxylic acids is 2. The molecule has 30 heavy (non-hydrogen) atoms. The minimum absolute atomic E-state index is 0.0345. The fraction of sp³-hybridized carbons (Fsp3) is 0.417. The smallest absolute Gasteiger partial charge is 0.251 e. The largest absolute Gasteiger partial charge is 0.393 e. The highest BCUT2D eigenvalue weighted by molar-refractivity contribution is 5.97. The van der Waals surface area contributed by atoms with Gasteiger partial charge in [0, 0.05) is 50.9 Å². The van der Waals surface area contributed by atoms with E-state index in [9.17, 15) is 14.7 Å². The molecule has 0 unspecified atom stereocenters. The molecule has 0 bridgehead atoms. The zero-order chi connectivity index (χ0) is 21.1. The van der Waals surface area contributed by atoms with Crippen LogP contribution in [0.3, 0.4) is 0 Å². The molecule has 0 spiro atoms. The number of aliphatic hydroxyl groups excluding tert-OH is 1. The van der Waals surface area contributed by atoms with Crippen LogP contribution in [0.25, 0.3) is 0 Å². The van der Waals surface area contributed by atoms with Gasteiger partial charge in [0.05, 0.1) is 6.10 Å². The number of nitrogens with one attached hydrogen (secondary N) is 1. The summed E-state index contributed by atoms with van der Waals surface area (Å²) in [5.74, 6) is -0.0673. The minimum atomic E-state index is -0.147. The number of benzene rings is 2. The van der Waals surface area contributed by atoms with Crippen molar-refractivity contribution >= 4 is 17.5 Å². The number of carbonyl (C=O) groups is 2. The van der Waals surface area contributed by atoms with Crippen molar-refractivity contribution in [2.45, 2.75) is 45.4 Å². The average molecular weight is 408 g/mol. The summed E-state index contributed by atoms with van der Waals surface area (Å²) in [6.07, 6.45) is 2.33. The second-order valence-electron chi connectivity index (χ2n) is 8.27. The molecule has 4 rings (SSSR count). The molecule has 2 amide bonds. The number of anilines is 1. The van der Waals surface area contributed by atoms with Gasteiger partial charge in [-0.25, -0.2) is 0 Å². The van der Waals surface area contributed by atoms with Crippen molar-refractivity contribution in [2.75, 3.05) is 24.5 Å². The van der Waals surface area contributed by atoms with Crippen LogP contribution in [0.4, 0.5) is 5.69 Å². The number of aliphatic hydroxyl groups is 1. The zero-order valence-corrected chi connectivity index (χ0v) is 17.4. The Morgan fingerprint density at radius 3 is 2.43 bits per heavy atom. The fourth-order valence-electron chi connectivity index (χ4n) is 4.25. The number of hydrogen-bond acceptors (Lipinski definition) is 4. The molecule has 2 heterocycles. The molecule has 0 atom stereocenters. The predicted octanol–water partition coefficient (Wildman–Crippen LogP) is 2.48. The van der Waals surface area contributed by atoms with E-state index in [1.54, 1.807) is 17.9 Å². The molecule has 2 aliphatic rings. The SMILES string of the molecule is CC(=O)N1CCc2cc(C(=O)NCc3ccc(CN4CCC(O)CC4)cc3)ccc21. The normalized spacial score (nSPS) is 17.1. The third-order valence-electron chi connectivity index (χ3n) is 6.06. The van der Waals surface area contributed by atoms with Crippen LogP contribution in [-0.2, 0) is 24.3 Å². The molecule has 2 aromatic rings. The second-order valence-corrected chi connectivity index (χ2v) is 8.27. The number of amides is 2. The number of piperidine rings is 1. The summed E-state index contributed by atoms with van der Waals surface area (Å²) in [7, 11) is 0. The highest BCUT2D eigenvalue weighted by atomic mass is 16.3. The van der Waals surface area contributed by atoms with Gasteiger partial charge >= 0.3 is 0 Å². The number of rotatable bonds is 5. The van der Waals surface area contributed by atoms with Gasteiger partial charge in [-0.2, -0.15) is 0 Å². The molecule has 2 aromatic carbocycles. The third kappa shape index (κ3) is 4.71. The Labute approximate surface area is 177 Å². The quantitative estimate of drug-likeness (QED) is 0.799. The van der Waals surface area contributed by atoms with Gasteiger partial charge in [-0.1, -0.05) is 24.3 Å². The lowest BCUT2D eigenvalue weighted by atomic mass is 10.1. The number of nitrogens with zero attached hydrogens (tertiary/aromatic N) is 2. The lowest BCUT2D eigenvalue weighted by Crippen LogP contribution is -2.35. The first-order valence-electron chi connectivity index (χ1n) is 10.7. The Morgan fingerprint density at radius 1 is 1.03 bits per heavy atom. The minimum Gasteiger partial charge on any atom is -0.393 e. The van der Waals surface area contributed by atoms with Gasteiger partial charge in [0.25, 0.3) is 5.91 Å². The Balaban J connectivity index is 1.30. The molecule has 1 saturated heterocycles. The maximum atomic E-state index is 12.6. The van der Waals surface area contributed by atoms with Crippen LogP contribution in [0, 0.1) is 0 Å². The predicted molar refractivity (Wildman–Crippen MR) is 116 cm³/mol. The number of fused-ring (bicyclic) bond motifs is 1. The molecular formula is C24H29N3O3. The Morgan fingerprint density at radius 2 is 1.73 bits per heavy atom. The molecule has 2 aliphatic heterocycles. The lowest BCUT2D eigenvalue weighted by Gasteiger charge is -2.29. The summed E-state index contributed by atoms with van der Waals surface area (Å²) < 4.78 is 0. The summed E-state index contributed by atoms with van der Waals surface area (Å²) in [5, 5.41) is 12.6. The maximum absolute atomic E-state index is 12.6. The fourth-order valence-corrected chi connectivity index (χ4v) is 4.25. The monoisotopic (exact) mass is 407 g/mol. The average Bonchev–Trinajstić information content (AvgIpc) is 3.18. The van der Waals surface area contributed by atoms with Crippen LogP contribution in [0.5, 0.6) is 0 Å². The zero-order valence-electron chi connectivity index (χ0n) is 17.4. The van der Waals surface area contributed by atoms with Crippen LogP contribution in [0.2, 0.25) is 0 Å². The van der Waals surface area contributed by atoms with Crippen molar-refractivity contribution in [1.82, 2.24) is 10.2 Å². The first kappa shape index (κ1) is 20.6. The third-order valence-corrected chi connectivity index (χ3v) is 6.06.